The van der Waals surface area contributed by atoms with E-state index in [0.717, 1.165) is 0 Å². The van der Waals surface area contributed by atoms with Crippen LogP contribution in [0.25, 0.3) is 11.1 Å². The molecule has 2 aromatic rings. The van der Waals surface area contributed by atoms with E-state index in [1.165, 1.54) is 41.5 Å². The summed E-state index contributed by atoms with van der Waals surface area (Å²) in [6, 6.07) is 15.0. The SMILES string of the molecule is CCC1=CC[C]([Hf+2]([CH]2c3cc(C(C)(C)C)ccc3-c3ccc(C(C)(C)C)cc32)=[Si](C)C)=C1CC.[Cl-].[Cl-]. The van der Waals surface area contributed by atoms with Gasteiger partial charge in [0.2, 0.25) is 0 Å². The van der Waals surface area contributed by atoms with Crippen molar-refractivity contribution in [2.24, 2.45) is 0 Å². The summed E-state index contributed by atoms with van der Waals surface area (Å²) >= 11 is -2.23. The van der Waals surface area contributed by atoms with Gasteiger partial charge in [-0.3, -0.25) is 0 Å². The van der Waals surface area contributed by atoms with Gasteiger partial charge < -0.3 is 24.8 Å². The quantitative estimate of drug-likeness (QED) is 0.427. The van der Waals surface area contributed by atoms with Crippen molar-refractivity contribution >= 4 is 5.49 Å². The van der Waals surface area contributed by atoms with Crippen LogP contribution in [0.5, 0.6) is 0 Å². The summed E-state index contributed by atoms with van der Waals surface area (Å²) in [4.78, 5) is 0. The Labute approximate surface area is 241 Å². The maximum Gasteiger partial charge on any atom is -1.00 e. The Bertz CT molecular complexity index is 1170. The van der Waals surface area contributed by atoms with E-state index in [-0.39, 0.29) is 41.1 Å². The molecule has 2 aliphatic rings. The fourth-order valence-corrected chi connectivity index (χ4v) is 33.3. The van der Waals surface area contributed by atoms with Crippen molar-refractivity contribution in [1.82, 2.24) is 0 Å². The monoisotopic (exact) mass is 706 g/mol. The second-order valence-electron chi connectivity index (χ2n) is 12.5. The van der Waals surface area contributed by atoms with E-state index in [4.69, 9.17) is 0 Å². The molecular formula is C32H44Cl2HfSi. The van der Waals surface area contributed by atoms with Crippen molar-refractivity contribution in [3.05, 3.63) is 79.2 Å². The van der Waals surface area contributed by atoms with Gasteiger partial charge >= 0.3 is 218 Å². The average Bonchev–Trinajstić information content (AvgIpc) is 3.31. The van der Waals surface area contributed by atoms with Gasteiger partial charge in [0.25, 0.3) is 0 Å². The molecule has 0 saturated heterocycles. The van der Waals surface area contributed by atoms with E-state index in [0.29, 0.717) is 3.67 Å². The van der Waals surface area contributed by atoms with Crippen LogP contribution in [0.15, 0.2) is 57.0 Å². The second-order valence-corrected chi connectivity index (χ2v) is 37.0. The van der Waals surface area contributed by atoms with Gasteiger partial charge in [-0.1, -0.05) is 0 Å². The molecule has 0 atom stereocenters. The molecule has 0 spiro atoms. The van der Waals surface area contributed by atoms with Gasteiger partial charge in [0.1, 0.15) is 0 Å². The third-order valence-electron chi connectivity index (χ3n) is 7.94. The van der Waals surface area contributed by atoms with Crippen LogP contribution in [0, 0.1) is 0 Å². The standard InChI is InChI=1S/C21H25.C9H13.C2H6Si.2ClH.Hf/c1-20(2,3)16-7-9-18-14(12-16)11-15-13-17(21(4,5)6)8-10-19(15)18;1-3-8-6-5-7-9(8)4-2;1-3-2;;;/h7-13H,1-6H3;6H,3-5H2,1-2H3;1-2H3;2*1H;/q;;;;;+2/p-2. The Kier molecular flexibility index (Phi) is 10.4. The number of hydrogen-bond acceptors (Lipinski definition) is 0. The Balaban J connectivity index is 0.00000228. The molecule has 194 valence electrons. The van der Waals surface area contributed by atoms with E-state index in [1.54, 1.807) is 22.3 Å². The van der Waals surface area contributed by atoms with Crippen molar-refractivity contribution in [2.75, 3.05) is 0 Å². The summed E-state index contributed by atoms with van der Waals surface area (Å²) in [6.07, 6.45) is 6.26. The molecule has 0 aromatic heterocycles. The number of hydrogen-bond donors (Lipinski definition) is 0. The summed E-state index contributed by atoms with van der Waals surface area (Å²) in [5.41, 5.74) is 12.8. The molecule has 0 aliphatic heterocycles. The molecule has 4 heteroatoms. The van der Waals surface area contributed by atoms with Gasteiger partial charge in [0, 0.05) is 0 Å². The Morgan fingerprint density at radius 2 is 1.25 bits per heavy atom. The maximum atomic E-state index is 2.65. The zero-order valence-electron chi connectivity index (χ0n) is 24.0. The Morgan fingerprint density at radius 1 is 0.778 bits per heavy atom. The molecular weight excluding hydrogens is 662 g/mol. The van der Waals surface area contributed by atoms with Crippen LogP contribution in [0.2, 0.25) is 13.1 Å². The average molecular weight is 706 g/mol. The smallest absolute Gasteiger partial charge is 1.00 e. The number of allylic oxidation sites excluding steroid dienone is 4. The van der Waals surface area contributed by atoms with E-state index in [2.05, 4.69) is 111 Å². The predicted octanol–water partition coefficient (Wildman–Crippen LogP) is 3.63. The van der Waals surface area contributed by atoms with Crippen LogP contribution in [-0.4, -0.2) is 5.49 Å². The zero-order chi connectivity index (χ0) is 25.0. The first kappa shape index (κ1) is 31.8. The fourth-order valence-electron chi connectivity index (χ4n) is 6.01. The van der Waals surface area contributed by atoms with E-state index < -0.39 is 20.1 Å². The second kappa shape index (κ2) is 11.8. The molecule has 2 aromatic carbocycles. The van der Waals surface area contributed by atoms with Crippen molar-refractivity contribution in [3.8, 4) is 11.1 Å². The third kappa shape index (κ3) is 5.78. The molecule has 0 saturated carbocycles. The summed E-state index contributed by atoms with van der Waals surface area (Å²) in [7, 11) is 0. The van der Waals surface area contributed by atoms with Crippen molar-refractivity contribution in [2.45, 2.75) is 102 Å². The number of halogens is 2. The summed E-state index contributed by atoms with van der Waals surface area (Å²) in [5.74, 6) is 0. The van der Waals surface area contributed by atoms with E-state index >= 15 is 0 Å². The van der Waals surface area contributed by atoms with Gasteiger partial charge in [-0.25, -0.2) is 0 Å². The first-order chi connectivity index (χ1) is 15.9. The fraction of sp³-hybridized carbons (Fsp3) is 0.500. The van der Waals surface area contributed by atoms with Gasteiger partial charge in [-0.2, -0.15) is 0 Å². The molecule has 2 aliphatic carbocycles. The Hall–Kier alpha value is -0.413. The first-order valence-corrected chi connectivity index (χ1v) is 25.0. The molecule has 4 rings (SSSR count). The minimum absolute atomic E-state index is 0. The van der Waals surface area contributed by atoms with Gasteiger partial charge in [0.05, 0.1) is 0 Å². The van der Waals surface area contributed by atoms with Gasteiger partial charge in [-0.05, 0) is 0 Å². The molecule has 0 unspecified atom stereocenters. The number of rotatable bonds is 4. The van der Waals surface area contributed by atoms with Crippen molar-refractivity contribution < 1.29 is 44.9 Å². The van der Waals surface area contributed by atoms with Gasteiger partial charge in [0.15, 0.2) is 0 Å². The molecule has 0 radical (unpaired) electrons. The minimum Gasteiger partial charge on any atom is -1.00 e. The van der Waals surface area contributed by atoms with Crippen LogP contribution >= 0.6 is 0 Å². The topological polar surface area (TPSA) is 0 Å². The number of fused-ring (bicyclic) bond motifs is 3. The third-order valence-corrected chi connectivity index (χ3v) is 33.9. The van der Waals surface area contributed by atoms with Crippen LogP contribution in [-0.2, 0) is 30.9 Å². The van der Waals surface area contributed by atoms with Gasteiger partial charge in [-0.15, -0.1) is 0 Å². The molecule has 36 heavy (non-hydrogen) atoms. The number of benzene rings is 2. The Morgan fingerprint density at radius 3 is 1.61 bits per heavy atom. The maximum absolute atomic E-state index is 2.65. The molecule has 0 heterocycles. The zero-order valence-corrected chi connectivity index (χ0v) is 30.1. The van der Waals surface area contributed by atoms with Crippen LogP contribution in [0.3, 0.4) is 0 Å². The predicted molar refractivity (Wildman–Crippen MR) is 149 cm³/mol. The normalized spacial score (nSPS) is 14.9. The largest absolute Gasteiger partial charge is 1.00 e. The van der Waals surface area contributed by atoms with Crippen molar-refractivity contribution in [1.29, 1.82) is 0 Å². The van der Waals surface area contributed by atoms with E-state index in [9.17, 15) is 0 Å². The molecule has 0 N–H and O–H groups in total. The van der Waals surface area contributed by atoms with Crippen LogP contribution < -0.4 is 24.8 Å². The summed E-state index contributed by atoms with van der Waals surface area (Å²) in [5, 5.41) is 0. The van der Waals surface area contributed by atoms with Crippen molar-refractivity contribution in [3.63, 3.8) is 0 Å². The van der Waals surface area contributed by atoms with Crippen LogP contribution in [0.4, 0.5) is 0 Å². The molecule has 0 fully saturated rings. The molecule has 0 bridgehead atoms. The van der Waals surface area contributed by atoms with Crippen LogP contribution in [0.1, 0.15) is 101 Å². The first-order valence-electron chi connectivity index (χ1n) is 13.3. The summed E-state index contributed by atoms with van der Waals surface area (Å²) in [6.45, 7) is 24.2. The summed E-state index contributed by atoms with van der Waals surface area (Å²) < 4.78 is 2.65. The minimum atomic E-state index is -2.23. The molecule has 0 amide bonds. The van der Waals surface area contributed by atoms with E-state index in [1.807, 2.05) is 3.33 Å². The molecule has 0 nitrogen and oxygen atoms in total.